The molecular formula is C16H22N2O2S. The summed E-state index contributed by atoms with van der Waals surface area (Å²) < 4.78 is 5.74. The molecule has 4 nitrogen and oxygen atoms in total. The number of amides is 1. The molecule has 2 rings (SSSR count). The van der Waals surface area contributed by atoms with Crippen molar-refractivity contribution in [3.8, 4) is 0 Å². The fourth-order valence-electron chi connectivity index (χ4n) is 2.56. The van der Waals surface area contributed by atoms with E-state index in [0.717, 1.165) is 19.3 Å². The maximum Gasteiger partial charge on any atom is 0.224 e. The van der Waals surface area contributed by atoms with E-state index in [1.807, 2.05) is 12.1 Å². The van der Waals surface area contributed by atoms with Crippen LogP contribution in [0.5, 0.6) is 0 Å². The van der Waals surface area contributed by atoms with E-state index in [4.69, 9.17) is 22.7 Å². The maximum atomic E-state index is 11.9. The van der Waals surface area contributed by atoms with Crippen LogP contribution in [0.2, 0.25) is 0 Å². The van der Waals surface area contributed by atoms with Gasteiger partial charge in [0, 0.05) is 18.6 Å². The van der Waals surface area contributed by atoms with Gasteiger partial charge in [0.25, 0.3) is 0 Å². The number of nitrogens with one attached hydrogen (secondary N) is 1. The minimum atomic E-state index is -0.0336. The first-order chi connectivity index (χ1) is 10.2. The summed E-state index contributed by atoms with van der Waals surface area (Å²) in [6, 6.07) is 7.31. The highest BCUT2D eigenvalue weighted by Crippen LogP contribution is 2.21. The minimum Gasteiger partial charge on any atom is -0.389 e. The lowest BCUT2D eigenvalue weighted by molar-refractivity contribution is -0.116. The largest absolute Gasteiger partial charge is 0.389 e. The standard InChI is InChI=1S/C16H22N2O2S/c17-16(21)13-8-3-4-9-14(13)18-15(19)10-5-11-20-12-6-1-2-7-12/h3-4,8-9,12H,1-2,5-7,10-11H2,(H2,17,21)(H,18,19). The van der Waals surface area contributed by atoms with Gasteiger partial charge in [0.05, 0.1) is 11.8 Å². The lowest BCUT2D eigenvalue weighted by Gasteiger charge is -2.12. The number of rotatable bonds is 7. The second-order valence-corrected chi connectivity index (χ2v) is 5.78. The van der Waals surface area contributed by atoms with Gasteiger partial charge in [0.1, 0.15) is 4.99 Å². The third-order valence-corrected chi connectivity index (χ3v) is 3.89. The summed E-state index contributed by atoms with van der Waals surface area (Å²) in [7, 11) is 0. The third-order valence-electron chi connectivity index (χ3n) is 3.67. The summed E-state index contributed by atoms with van der Waals surface area (Å²) in [6.45, 7) is 0.648. The van der Waals surface area contributed by atoms with Gasteiger partial charge in [0.15, 0.2) is 0 Å². The number of nitrogens with two attached hydrogens (primary N) is 1. The first-order valence-corrected chi connectivity index (χ1v) is 7.88. The molecule has 0 aromatic heterocycles. The highest BCUT2D eigenvalue weighted by Gasteiger charge is 2.15. The lowest BCUT2D eigenvalue weighted by Crippen LogP contribution is -2.18. The summed E-state index contributed by atoms with van der Waals surface area (Å²) in [5.74, 6) is -0.0336. The molecule has 1 aromatic rings. The Morgan fingerprint density at radius 2 is 2.05 bits per heavy atom. The molecule has 0 bridgehead atoms. The van der Waals surface area contributed by atoms with Crippen molar-refractivity contribution in [2.75, 3.05) is 11.9 Å². The molecule has 0 atom stereocenters. The van der Waals surface area contributed by atoms with E-state index in [2.05, 4.69) is 5.32 Å². The number of ether oxygens (including phenoxy) is 1. The van der Waals surface area contributed by atoms with Gasteiger partial charge in [-0.15, -0.1) is 0 Å². The van der Waals surface area contributed by atoms with Crippen LogP contribution in [-0.4, -0.2) is 23.6 Å². The molecule has 0 saturated heterocycles. The molecule has 1 aromatic carbocycles. The van der Waals surface area contributed by atoms with Crippen molar-refractivity contribution >= 4 is 28.8 Å². The molecule has 0 spiro atoms. The van der Waals surface area contributed by atoms with Gasteiger partial charge in [-0.25, -0.2) is 0 Å². The van der Waals surface area contributed by atoms with Crippen LogP contribution in [0.15, 0.2) is 24.3 Å². The van der Waals surface area contributed by atoms with Gasteiger partial charge >= 0.3 is 0 Å². The smallest absolute Gasteiger partial charge is 0.224 e. The number of para-hydroxylation sites is 1. The molecule has 0 radical (unpaired) electrons. The first-order valence-electron chi connectivity index (χ1n) is 7.47. The van der Waals surface area contributed by atoms with Gasteiger partial charge in [-0.05, 0) is 31.4 Å². The summed E-state index contributed by atoms with van der Waals surface area (Å²) in [4.78, 5) is 12.2. The molecule has 114 valence electrons. The molecule has 0 heterocycles. The summed E-state index contributed by atoms with van der Waals surface area (Å²) in [6.07, 6.45) is 6.43. The average molecular weight is 306 g/mol. The summed E-state index contributed by atoms with van der Waals surface area (Å²) >= 11 is 4.98. The second kappa shape index (κ2) is 8.10. The molecule has 1 saturated carbocycles. The third kappa shape index (κ3) is 5.10. The van der Waals surface area contributed by atoms with Gasteiger partial charge in [0.2, 0.25) is 5.91 Å². The van der Waals surface area contributed by atoms with Gasteiger partial charge < -0.3 is 15.8 Å². The van der Waals surface area contributed by atoms with Crippen LogP contribution in [-0.2, 0) is 9.53 Å². The Hall–Kier alpha value is -1.46. The van der Waals surface area contributed by atoms with E-state index < -0.39 is 0 Å². The van der Waals surface area contributed by atoms with Crippen LogP contribution in [0.1, 0.15) is 44.1 Å². The molecule has 5 heteroatoms. The molecule has 1 aliphatic rings. The van der Waals surface area contributed by atoms with Crippen LogP contribution in [0.3, 0.4) is 0 Å². The Bertz CT molecular complexity index is 499. The van der Waals surface area contributed by atoms with Gasteiger partial charge in [-0.3, -0.25) is 4.79 Å². The van der Waals surface area contributed by atoms with Crippen molar-refractivity contribution in [2.45, 2.75) is 44.6 Å². The molecular weight excluding hydrogens is 284 g/mol. The average Bonchev–Trinajstić information content (AvgIpc) is 2.97. The molecule has 1 amide bonds. The molecule has 0 unspecified atom stereocenters. The number of anilines is 1. The first kappa shape index (κ1) is 15.9. The zero-order valence-electron chi connectivity index (χ0n) is 12.1. The Kier molecular flexibility index (Phi) is 6.14. The van der Waals surface area contributed by atoms with Crippen molar-refractivity contribution in [3.63, 3.8) is 0 Å². The number of benzene rings is 1. The van der Waals surface area contributed by atoms with Crippen LogP contribution in [0.4, 0.5) is 5.69 Å². The van der Waals surface area contributed by atoms with Crippen LogP contribution < -0.4 is 11.1 Å². The van der Waals surface area contributed by atoms with Crippen molar-refractivity contribution < 1.29 is 9.53 Å². The van der Waals surface area contributed by atoms with E-state index in [0.29, 0.717) is 30.4 Å². The number of carbonyl (C=O) groups is 1. The quantitative estimate of drug-likeness (QED) is 0.600. The predicted molar refractivity (Wildman–Crippen MR) is 88.4 cm³/mol. The number of thiocarbonyl (C=S) groups is 1. The molecule has 0 aliphatic heterocycles. The maximum absolute atomic E-state index is 11.9. The zero-order chi connectivity index (χ0) is 15.1. The van der Waals surface area contributed by atoms with Crippen molar-refractivity contribution in [3.05, 3.63) is 29.8 Å². The van der Waals surface area contributed by atoms with Crippen molar-refractivity contribution in [1.82, 2.24) is 0 Å². The number of hydrogen-bond acceptors (Lipinski definition) is 3. The highest BCUT2D eigenvalue weighted by molar-refractivity contribution is 7.80. The van der Waals surface area contributed by atoms with Crippen LogP contribution >= 0.6 is 12.2 Å². The van der Waals surface area contributed by atoms with Crippen LogP contribution in [0, 0.1) is 0 Å². The SMILES string of the molecule is NC(=S)c1ccccc1NC(=O)CCCOC1CCCC1. The van der Waals surface area contributed by atoms with E-state index >= 15 is 0 Å². The topological polar surface area (TPSA) is 64.3 Å². The molecule has 3 N–H and O–H groups in total. The molecule has 1 fully saturated rings. The Morgan fingerprint density at radius 3 is 2.76 bits per heavy atom. The van der Waals surface area contributed by atoms with Crippen molar-refractivity contribution in [2.24, 2.45) is 5.73 Å². The lowest BCUT2D eigenvalue weighted by atomic mass is 10.1. The highest BCUT2D eigenvalue weighted by atomic mass is 32.1. The number of hydrogen-bond donors (Lipinski definition) is 2. The zero-order valence-corrected chi connectivity index (χ0v) is 13.0. The molecule has 1 aliphatic carbocycles. The summed E-state index contributed by atoms with van der Waals surface area (Å²) in [5.41, 5.74) is 7.01. The van der Waals surface area contributed by atoms with E-state index in [9.17, 15) is 4.79 Å². The second-order valence-electron chi connectivity index (χ2n) is 5.34. The Labute approximate surface area is 131 Å². The van der Waals surface area contributed by atoms with E-state index in [1.54, 1.807) is 12.1 Å². The van der Waals surface area contributed by atoms with E-state index in [1.165, 1.54) is 12.8 Å². The normalized spacial score (nSPS) is 15.0. The predicted octanol–water partition coefficient (Wildman–Crippen LogP) is 3.00. The van der Waals surface area contributed by atoms with Gasteiger partial charge in [-0.1, -0.05) is 37.2 Å². The molecule has 21 heavy (non-hydrogen) atoms. The fraction of sp³-hybridized carbons (Fsp3) is 0.500. The van der Waals surface area contributed by atoms with E-state index in [-0.39, 0.29) is 10.9 Å². The fourth-order valence-corrected chi connectivity index (χ4v) is 2.74. The Balaban J connectivity index is 1.73. The minimum absolute atomic E-state index is 0.0336. The van der Waals surface area contributed by atoms with Gasteiger partial charge in [-0.2, -0.15) is 0 Å². The van der Waals surface area contributed by atoms with Crippen LogP contribution in [0.25, 0.3) is 0 Å². The summed E-state index contributed by atoms with van der Waals surface area (Å²) in [5, 5.41) is 2.86. The Morgan fingerprint density at radius 1 is 1.33 bits per heavy atom. The monoisotopic (exact) mass is 306 g/mol. The number of carbonyl (C=O) groups excluding carboxylic acids is 1. The van der Waals surface area contributed by atoms with Crippen molar-refractivity contribution in [1.29, 1.82) is 0 Å².